The van der Waals surface area contributed by atoms with Crippen molar-refractivity contribution < 1.29 is 9.53 Å². The van der Waals surface area contributed by atoms with Crippen molar-refractivity contribution >= 4 is 11.8 Å². The maximum absolute atomic E-state index is 13.2. The summed E-state index contributed by atoms with van der Waals surface area (Å²) < 4.78 is 5.01. The van der Waals surface area contributed by atoms with Crippen molar-refractivity contribution in [3.63, 3.8) is 0 Å². The molecule has 3 aromatic rings. The Morgan fingerprint density at radius 3 is 2.41 bits per heavy atom. The summed E-state index contributed by atoms with van der Waals surface area (Å²) in [6.45, 7) is 0.351. The first-order valence-corrected chi connectivity index (χ1v) is 10.7. The second-order valence-electron chi connectivity index (χ2n) is 7.78. The number of aromatic nitrogens is 4. The van der Waals surface area contributed by atoms with Gasteiger partial charge in [-0.2, -0.15) is 0 Å². The van der Waals surface area contributed by atoms with E-state index in [-0.39, 0.29) is 18.1 Å². The van der Waals surface area contributed by atoms with E-state index < -0.39 is 0 Å². The van der Waals surface area contributed by atoms with E-state index in [4.69, 9.17) is 10.5 Å². The minimum absolute atomic E-state index is 0.0428. The Balaban J connectivity index is 1.53. The summed E-state index contributed by atoms with van der Waals surface area (Å²) in [4.78, 5) is 32.1. The van der Waals surface area contributed by atoms with Gasteiger partial charge in [0.05, 0.1) is 19.3 Å². The van der Waals surface area contributed by atoms with Gasteiger partial charge >= 0.3 is 12.0 Å². The number of carbonyl (C=O) groups is 1. The summed E-state index contributed by atoms with van der Waals surface area (Å²) in [5, 5.41) is 2.98. The minimum Gasteiger partial charge on any atom is -0.467 e. The van der Waals surface area contributed by atoms with Crippen molar-refractivity contribution in [2.75, 3.05) is 12.0 Å². The Bertz CT molecular complexity index is 1000. The van der Waals surface area contributed by atoms with Crippen LogP contribution in [0.2, 0.25) is 0 Å². The smallest absolute Gasteiger partial charge is 0.323 e. The van der Waals surface area contributed by atoms with Gasteiger partial charge in [0.15, 0.2) is 0 Å². The molecule has 0 unspecified atom stereocenters. The molecule has 9 nitrogen and oxygen atoms in total. The summed E-state index contributed by atoms with van der Waals surface area (Å²) >= 11 is 0. The van der Waals surface area contributed by atoms with Crippen molar-refractivity contribution in [3.05, 3.63) is 60.8 Å². The second-order valence-corrected chi connectivity index (χ2v) is 7.78. The van der Waals surface area contributed by atoms with Gasteiger partial charge in [-0.1, -0.05) is 6.07 Å². The number of amides is 2. The molecule has 1 saturated carbocycles. The first kappa shape index (κ1) is 21.6. The number of urea groups is 1. The number of methoxy groups -OCH3 is 1. The van der Waals surface area contributed by atoms with Crippen molar-refractivity contribution in [3.8, 4) is 17.1 Å². The van der Waals surface area contributed by atoms with Crippen LogP contribution in [0.25, 0.3) is 11.1 Å². The average molecular weight is 434 g/mol. The van der Waals surface area contributed by atoms with Crippen molar-refractivity contribution in [1.29, 1.82) is 0 Å². The van der Waals surface area contributed by atoms with Gasteiger partial charge in [0.25, 0.3) is 0 Å². The van der Waals surface area contributed by atoms with Gasteiger partial charge in [-0.15, -0.1) is 0 Å². The van der Waals surface area contributed by atoms with Crippen LogP contribution in [-0.2, 0) is 6.54 Å². The number of nitrogens with zero attached hydrogens (tertiary/aromatic N) is 5. The van der Waals surface area contributed by atoms with Crippen LogP contribution in [0.5, 0.6) is 6.01 Å². The molecule has 0 aromatic carbocycles. The first-order valence-electron chi connectivity index (χ1n) is 10.7. The zero-order valence-electron chi connectivity index (χ0n) is 18.0. The lowest BCUT2D eigenvalue weighted by molar-refractivity contribution is 0.239. The number of rotatable bonds is 6. The quantitative estimate of drug-likeness (QED) is 0.613. The van der Waals surface area contributed by atoms with Crippen LogP contribution in [0.4, 0.5) is 10.6 Å². The Morgan fingerprint density at radius 1 is 1.03 bits per heavy atom. The van der Waals surface area contributed by atoms with E-state index in [1.54, 1.807) is 29.7 Å². The van der Waals surface area contributed by atoms with Gasteiger partial charge in [-0.05, 0) is 49.9 Å². The molecule has 0 aliphatic heterocycles. The number of nitrogens with two attached hydrogens (primary N) is 1. The monoisotopic (exact) mass is 433 g/mol. The molecule has 0 saturated heterocycles. The summed E-state index contributed by atoms with van der Waals surface area (Å²) in [6, 6.07) is 9.76. The minimum atomic E-state index is -0.191. The zero-order valence-corrected chi connectivity index (χ0v) is 18.0. The standard InChI is InChI=1S/C23H27N7O2/c1-32-22-27-13-17(14-28-22)16-5-10-21(26-12-16)30(20-8-6-18(24)7-9-20)23(31)29-15-19-4-2-3-11-25-19/h2-5,10-14,18,20H,6-9,15,24H2,1H3,(H,29,31). The topological polar surface area (TPSA) is 119 Å². The Labute approximate surface area is 187 Å². The van der Waals surface area contributed by atoms with E-state index in [1.807, 2.05) is 30.3 Å². The lowest BCUT2D eigenvalue weighted by Gasteiger charge is -2.35. The fourth-order valence-electron chi connectivity index (χ4n) is 3.84. The fraction of sp³-hybridized carbons (Fsp3) is 0.348. The number of pyridine rings is 2. The molecule has 166 valence electrons. The fourth-order valence-corrected chi connectivity index (χ4v) is 3.84. The highest BCUT2D eigenvalue weighted by Crippen LogP contribution is 2.28. The summed E-state index contributed by atoms with van der Waals surface area (Å²) in [5.41, 5.74) is 8.56. The van der Waals surface area contributed by atoms with Crippen LogP contribution in [0.3, 0.4) is 0 Å². The van der Waals surface area contributed by atoms with E-state index in [1.165, 1.54) is 7.11 Å². The molecule has 0 spiro atoms. The number of carbonyl (C=O) groups excluding carboxylic acids is 1. The van der Waals surface area contributed by atoms with Gasteiger partial charge in [-0.3, -0.25) is 9.88 Å². The molecular weight excluding hydrogens is 406 g/mol. The van der Waals surface area contributed by atoms with E-state index in [2.05, 4.69) is 25.3 Å². The lowest BCUT2D eigenvalue weighted by atomic mass is 9.91. The molecular formula is C23H27N7O2. The molecule has 1 fully saturated rings. The van der Waals surface area contributed by atoms with E-state index in [0.717, 1.165) is 42.5 Å². The number of nitrogens with one attached hydrogen (secondary N) is 1. The Kier molecular flexibility index (Phi) is 6.86. The van der Waals surface area contributed by atoms with Crippen LogP contribution < -0.4 is 20.7 Å². The number of hydrogen-bond donors (Lipinski definition) is 2. The van der Waals surface area contributed by atoms with Crippen molar-refractivity contribution in [2.24, 2.45) is 5.73 Å². The van der Waals surface area contributed by atoms with Crippen LogP contribution in [0, 0.1) is 0 Å². The first-order chi connectivity index (χ1) is 15.6. The third-order valence-electron chi connectivity index (χ3n) is 5.61. The van der Waals surface area contributed by atoms with Crippen LogP contribution in [0.15, 0.2) is 55.1 Å². The van der Waals surface area contributed by atoms with Gasteiger partial charge in [0.2, 0.25) is 0 Å². The predicted molar refractivity (Wildman–Crippen MR) is 121 cm³/mol. The van der Waals surface area contributed by atoms with E-state index in [9.17, 15) is 4.79 Å². The molecule has 0 atom stereocenters. The molecule has 4 rings (SSSR count). The van der Waals surface area contributed by atoms with Crippen LogP contribution in [0.1, 0.15) is 31.4 Å². The van der Waals surface area contributed by atoms with E-state index >= 15 is 0 Å². The van der Waals surface area contributed by atoms with Crippen molar-refractivity contribution in [1.82, 2.24) is 25.3 Å². The SMILES string of the molecule is COc1ncc(-c2ccc(N(C(=O)NCc3ccccn3)C3CCC(N)CC3)nc2)cn1. The highest BCUT2D eigenvalue weighted by Gasteiger charge is 2.29. The summed E-state index contributed by atoms with van der Waals surface area (Å²) in [7, 11) is 1.52. The third kappa shape index (κ3) is 5.17. The van der Waals surface area contributed by atoms with Crippen molar-refractivity contribution in [2.45, 2.75) is 44.3 Å². The van der Waals surface area contributed by atoms with E-state index in [0.29, 0.717) is 18.4 Å². The Morgan fingerprint density at radius 2 is 1.78 bits per heavy atom. The molecule has 3 aromatic heterocycles. The number of anilines is 1. The molecule has 0 radical (unpaired) electrons. The molecule has 2 amide bonds. The molecule has 1 aliphatic carbocycles. The summed E-state index contributed by atoms with van der Waals surface area (Å²) in [5.74, 6) is 0.599. The van der Waals surface area contributed by atoms with Gasteiger partial charge in [-0.25, -0.2) is 19.7 Å². The third-order valence-corrected chi connectivity index (χ3v) is 5.61. The largest absolute Gasteiger partial charge is 0.467 e. The van der Waals surface area contributed by atoms with Gasteiger partial charge in [0, 0.05) is 48.0 Å². The highest BCUT2D eigenvalue weighted by atomic mass is 16.5. The zero-order chi connectivity index (χ0) is 22.3. The molecule has 3 N–H and O–H groups in total. The van der Waals surface area contributed by atoms with Crippen LogP contribution >= 0.6 is 0 Å². The second kappa shape index (κ2) is 10.1. The van der Waals surface area contributed by atoms with Crippen LogP contribution in [-0.4, -0.2) is 45.2 Å². The van der Waals surface area contributed by atoms with Gasteiger partial charge < -0.3 is 15.8 Å². The van der Waals surface area contributed by atoms with Gasteiger partial charge in [0.1, 0.15) is 5.82 Å². The molecule has 32 heavy (non-hydrogen) atoms. The maximum atomic E-state index is 13.2. The molecule has 3 heterocycles. The Hall–Kier alpha value is -3.59. The normalized spacial score (nSPS) is 18.1. The predicted octanol–water partition coefficient (Wildman–Crippen LogP) is 2.93. The average Bonchev–Trinajstić information content (AvgIpc) is 2.85. The molecule has 9 heteroatoms. The molecule has 1 aliphatic rings. The number of hydrogen-bond acceptors (Lipinski definition) is 7. The summed E-state index contributed by atoms with van der Waals surface area (Å²) in [6.07, 6.45) is 10.3. The lowest BCUT2D eigenvalue weighted by Crippen LogP contribution is -2.49. The number of ether oxygens (including phenoxy) is 1. The highest BCUT2D eigenvalue weighted by molar-refractivity contribution is 5.91. The maximum Gasteiger partial charge on any atom is 0.323 e. The molecule has 0 bridgehead atoms.